The number of rotatable bonds is 5. The van der Waals surface area contributed by atoms with Crippen molar-refractivity contribution in [3.63, 3.8) is 0 Å². The van der Waals surface area contributed by atoms with Gasteiger partial charge in [-0.3, -0.25) is 0 Å². The van der Waals surface area contributed by atoms with Crippen LogP contribution in [-0.2, 0) is 10.0 Å². The number of methoxy groups -OCH3 is 1. The van der Waals surface area contributed by atoms with Gasteiger partial charge in [-0.25, -0.2) is 23.1 Å². The third-order valence-corrected chi connectivity index (χ3v) is 7.04. The first-order valence-electron chi connectivity index (χ1n) is 9.63. The fourth-order valence-electron chi connectivity index (χ4n) is 3.54. The zero-order chi connectivity index (χ0) is 21.3. The summed E-state index contributed by atoms with van der Waals surface area (Å²) in [5.41, 5.74) is 1.91. The lowest BCUT2D eigenvalue weighted by molar-refractivity contribution is 0.383. The van der Waals surface area contributed by atoms with Crippen LogP contribution < -0.4 is 9.64 Å². The summed E-state index contributed by atoms with van der Waals surface area (Å²) in [5, 5.41) is 4.47. The molecule has 158 valence electrons. The van der Waals surface area contributed by atoms with Crippen molar-refractivity contribution in [2.75, 3.05) is 38.2 Å². The number of piperazine rings is 1. The van der Waals surface area contributed by atoms with Crippen molar-refractivity contribution < 1.29 is 13.2 Å². The lowest BCUT2D eigenvalue weighted by atomic mass is 10.3. The summed E-state index contributed by atoms with van der Waals surface area (Å²) in [4.78, 5) is 11.0. The number of aryl methyl sites for hydroxylation is 2. The van der Waals surface area contributed by atoms with Crippen LogP contribution in [0.4, 0.5) is 5.82 Å². The van der Waals surface area contributed by atoms with E-state index in [9.17, 15) is 8.42 Å². The molecule has 9 nitrogen and oxygen atoms in total. The topological polar surface area (TPSA) is 93.5 Å². The smallest absolute Gasteiger partial charge is 0.243 e. The number of hydrogen-bond donors (Lipinski definition) is 0. The van der Waals surface area contributed by atoms with E-state index in [4.69, 9.17) is 4.74 Å². The number of hydrogen-bond acceptors (Lipinski definition) is 7. The van der Waals surface area contributed by atoms with Gasteiger partial charge in [-0.15, -0.1) is 0 Å². The molecule has 1 fully saturated rings. The molecule has 1 aliphatic heterocycles. The average molecular weight is 429 g/mol. The minimum Gasteiger partial charge on any atom is -0.497 e. The minimum absolute atomic E-state index is 0.269. The zero-order valence-corrected chi connectivity index (χ0v) is 18.0. The Bertz CT molecular complexity index is 1140. The normalized spacial score (nSPS) is 15.4. The quantitative estimate of drug-likeness (QED) is 0.612. The van der Waals surface area contributed by atoms with Gasteiger partial charge in [0.1, 0.15) is 17.9 Å². The summed E-state index contributed by atoms with van der Waals surface area (Å²) in [6, 6.07) is 10.3. The third-order valence-electron chi connectivity index (χ3n) is 5.12. The predicted octanol–water partition coefficient (Wildman–Crippen LogP) is 1.80. The van der Waals surface area contributed by atoms with E-state index in [-0.39, 0.29) is 4.90 Å². The number of ether oxygens (including phenoxy) is 1. The van der Waals surface area contributed by atoms with Crippen LogP contribution in [0.25, 0.3) is 5.82 Å². The molecule has 1 aromatic carbocycles. The maximum Gasteiger partial charge on any atom is 0.243 e. The fraction of sp³-hybridized carbons (Fsp3) is 0.350. The molecule has 0 amide bonds. The Labute approximate surface area is 176 Å². The minimum atomic E-state index is -3.54. The fourth-order valence-corrected chi connectivity index (χ4v) is 4.96. The highest BCUT2D eigenvalue weighted by Crippen LogP contribution is 2.23. The summed E-state index contributed by atoms with van der Waals surface area (Å²) in [6.45, 7) is 5.77. The highest BCUT2D eigenvalue weighted by Gasteiger charge is 2.29. The molecular weight excluding hydrogens is 404 g/mol. The van der Waals surface area contributed by atoms with E-state index in [1.54, 1.807) is 36.1 Å². The van der Waals surface area contributed by atoms with Crippen molar-refractivity contribution in [1.29, 1.82) is 0 Å². The molecular formula is C20H24N6O3S. The summed E-state index contributed by atoms with van der Waals surface area (Å²) in [5.74, 6) is 2.08. The number of nitrogens with zero attached hydrogens (tertiary/aromatic N) is 6. The van der Waals surface area contributed by atoms with Gasteiger partial charge >= 0.3 is 0 Å². The Hall–Kier alpha value is -2.98. The molecule has 3 aromatic rings. The van der Waals surface area contributed by atoms with Gasteiger partial charge < -0.3 is 9.64 Å². The van der Waals surface area contributed by atoms with Crippen LogP contribution in [0.1, 0.15) is 11.4 Å². The van der Waals surface area contributed by atoms with E-state index >= 15 is 0 Å². The molecule has 30 heavy (non-hydrogen) atoms. The maximum absolute atomic E-state index is 12.9. The molecule has 0 aliphatic carbocycles. The monoisotopic (exact) mass is 428 g/mol. The van der Waals surface area contributed by atoms with Crippen molar-refractivity contribution >= 4 is 15.8 Å². The van der Waals surface area contributed by atoms with Crippen LogP contribution in [0, 0.1) is 13.8 Å². The SMILES string of the molecule is COc1ccc(S(=O)(=O)N2CCN(c3cc(-n4nc(C)cc4C)ncn3)CC2)cc1. The van der Waals surface area contributed by atoms with Gasteiger partial charge in [0, 0.05) is 37.9 Å². The summed E-state index contributed by atoms with van der Waals surface area (Å²) in [6.07, 6.45) is 1.52. The average Bonchev–Trinajstić information content (AvgIpc) is 3.12. The van der Waals surface area contributed by atoms with E-state index in [0.29, 0.717) is 37.7 Å². The van der Waals surface area contributed by atoms with Gasteiger partial charge in [0.05, 0.1) is 17.7 Å². The van der Waals surface area contributed by atoms with E-state index < -0.39 is 10.0 Å². The van der Waals surface area contributed by atoms with Crippen molar-refractivity contribution in [1.82, 2.24) is 24.1 Å². The van der Waals surface area contributed by atoms with E-state index in [1.807, 2.05) is 26.0 Å². The predicted molar refractivity (Wildman–Crippen MR) is 113 cm³/mol. The van der Waals surface area contributed by atoms with Crippen LogP contribution in [0.5, 0.6) is 5.75 Å². The first kappa shape index (κ1) is 20.3. The second kappa shape index (κ2) is 8.04. The number of anilines is 1. The largest absolute Gasteiger partial charge is 0.497 e. The molecule has 0 radical (unpaired) electrons. The molecule has 0 saturated carbocycles. The second-order valence-electron chi connectivity index (χ2n) is 7.14. The van der Waals surface area contributed by atoms with Crippen molar-refractivity contribution in [2.45, 2.75) is 18.7 Å². The Morgan fingerprint density at radius 3 is 2.20 bits per heavy atom. The highest BCUT2D eigenvalue weighted by molar-refractivity contribution is 7.89. The van der Waals surface area contributed by atoms with Crippen molar-refractivity contribution in [3.8, 4) is 11.6 Å². The maximum atomic E-state index is 12.9. The molecule has 4 rings (SSSR count). The summed E-state index contributed by atoms with van der Waals surface area (Å²) in [7, 11) is -1.99. The van der Waals surface area contributed by atoms with Gasteiger partial charge in [0.15, 0.2) is 5.82 Å². The van der Waals surface area contributed by atoms with Crippen LogP contribution in [0.2, 0.25) is 0 Å². The molecule has 2 aromatic heterocycles. The van der Waals surface area contributed by atoms with Crippen molar-refractivity contribution in [2.24, 2.45) is 0 Å². The molecule has 10 heteroatoms. The van der Waals surface area contributed by atoms with Gasteiger partial charge in [0.25, 0.3) is 0 Å². The Morgan fingerprint density at radius 1 is 0.933 bits per heavy atom. The molecule has 0 N–H and O–H groups in total. The number of benzene rings is 1. The molecule has 0 unspecified atom stereocenters. The zero-order valence-electron chi connectivity index (χ0n) is 17.2. The molecule has 1 saturated heterocycles. The van der Waals surface area contributed by atoms with Crippen molar-refractivity contribution in [3.05, 3.63) is 54.1 Å². The first-order valence-corrected chi connectivity index (χ1v) is 11.1. The second-order valence-corrected chi connectivity index (χ2v) is 9.08. The van der Waals surface area contributed by atoms with Gasteiger partial charge in [-0.1, -0.05) is 0 Å². The van der Waals surface area contributed by atoms with E-state index in [2.05, 4.69) is 20.0 Å². The van der Waals surface area contributed by atoms with Crippen LogP contribution in [-0.4, -0.2) is 65.8 Å². The van der Waals surface area contributed by atoms with Gasteiger partial charge in [-0.2, -0.15) is 9.40 Å². The third kappa shape index (κ3) is 3.88. The molecule has 0 bridgehead atoms. The Morgan fingerprint density at radius 2 is 1.60 bits per heavy atom. The molecule has 0 spiro atoms. The lowest BCUT2D eigenvalue weighted by Crippen LogP contribution is -2.48. The summed E-state index contributed by atoms with van der Waals surface area (Å²) >= 11 is 0. The molecule has 1 aliphatic rings. The molecule has 3 heterocycles. The standard InChI is InChI=1S/C20H24N6O3S/c1-15-12-16(2)26(23-15)20-13-19(21-14-22-20)24-8-10-25(11-9-24)30(27,28)18-6-4-17(29-3)5-7-18/h4-7,12-14H,8-11H2,1-3H3. The van der Waals surface area contributed by atoms with Crippen LogP contribution in [0.3, 0.4) is 0 Å². The van der Waals surface area contributed by atoms with E-state index in [1.165, 1.54) is 10.6 Å². The lowest BCUT2D eigenvalue weighted by Gasteiger charge is -2.34. The van der Waals surface area contributed by atoms with Gasteiger partial charge in [-0.05, 0) is 44.2 Å². The van der Waals surface area contributed by atoms with Gasteiger partial charge in [0.2, 0.25) is 10.0 Å². The highest BCUT2D eigenvalue weighted by atomic mass is 32.2. The molecule has 0 atom stereocenters. The Balaban J connectivity index is 1.48. The van der Waals surface area contributed by atoms with Crippen LogP contribution >= 0.6 is 0 Å². The number of aromatic nitrogens is 4. The number of sulfonamides is 1. The Kier molecular flexibility index (Phi) is 5.44. The first-order chi connectivity index (χ1) is 14.4. The summed E-state index contributed by atoms with van der Waals surface area (Å²) < 4.78 is 34.3. The van der Waals surface area contributed by atoms with Crippen LogP contribution in [0.15, 0.2) is 47.6 Å². The van der Waals surface area contributed by atoms with E-state index in [0.717, 1.165) is 17.2 Å².